The molecule has 1 aromatic heterocycles. The molecule has 0 aliphatic carbocycles. The van der Waals surface area contributed by atoms with Crippen molar-refractivity contribution in [3.63, 3.8) is 0 Å². The molecule has 0 amide bonds. The quantitative estimate of drug-likeness (QED) is 0.880. The van der Waals surface area contributed by atoms with Crippen LogP contribution < -0.4 is 5.32 Å². The van der Waals surface area contributed by atoms with Crippen molar-refractivity contribution in [1.82, 2.24) is 10.3 Å². The summed E-state index contributed by atoms with van der Waals surface area (Å²) < 4.78 is 5.96. The van der Waals surface area contributed by atoms with E-state index in [9.17, 15) is 0 Å². The van der Waals surface area contributed by atoms with Crippen LogP contribution in [0.5, 0.6) is 0 Å². The van der Waals surface area contributed by atoms with E-state index in [1.165, 1.54) is 16.7 Å². The second-order valence-corrected chi connectivity index (χ2v) is 5.51. The summed E-state index contributed by atoms with van der Waals surface area (Å²) >= 11 is 0. The molecule has 0 saturated carbocycles. The van der Waals surface area contributed by atoms with Gasteiger partial charge in [-0.1, -0.05) is 24.6 Å². The van der Waals surface area contributed by atoms with E-state index in [2.05, 4.69) is 57.1 Å². The molecule has 3 heteroatoms. The number of aromatic nitrogens is 1. The molecule has 0 aliphatic rings. The standard InChI is InChI=1S/C17H24N2O/c1-6-7-18-14(5)17-19-10-15(20-17)16-12(3)8-11(2)9-13(16)4/h8-10,14,18H,6-7H2,1-5H3. The summed E-state index contributed by atoms with van der Waals surface area (Å²) in [6.45, 7) is 11.6. The Hall–Kier alpha value is -1.61. The Bertz CT molecular complexity index is 563. The highest BCUT2D eigenvalue weighted by atomic mass is 16.4. The number of aryl methyl sites for hydroxylation is 3. The zero-order chi connectivity index (χ0) is 14.7. The SMILES string of the molecule is CCCNC(C)c1ncc(-c2c(C)cc(C)cc2C)o1. The predicted molar refractivity (Wildman–Crippen MR) is 82.9 cm³/mol. The molecule has 108 valence electrons. The third-order valence-corrected chi connectivity index (χ3v) is 3.52. The number of oxazole rings is 1. The number of nitrogens with zero attached hydrogens (tertiary/aromatic N) is 1. The van der Waals surface area contributed by atoms with Gasteiger partial charge >= 0.3 is 0 Å². The summed E-state index contributed by atoms with van der Waals surface area (Å²) in [5, 5.41) is 3.40. The van der Waals surface area contributed by atoms with Crippen LogP contribution in [-0.4, -0.2) is 11.5 Å². The molecule has 0 spiro atoms. The summed E-state index contributed by atoms with van der Waals surface area (Å²) in [5.74, 6) is 1.62. The first-order valence-corrected chi connectivity index (χ1v) is 7.30. The lowest BCUT2D eigenvalue weighted by Gasteiger charge is -2.10. The van der Waals surface area contributed by atoms with Crippen molar-refractivity contribution in [2.45, 2.75) is 47.1 Å². The van der Waals surface area contributed by atoms with E-state index < -0.39 is 0 Å². The van der Waals surface area contributed by atoms with Gasteiger partial charge in [0.25, 0.3) is 0 Å². The first-order chi connectivity index (χ1) is 9.52. The van der Waals surface area contributed by atoms with Crippen LogP contribution in [0.2, 0.25) is 0 Å². The molecule has 0 bridgehead atoms. The highest BCUT2D eigenvalue weighted by Crippen LogP contribution is 2.30. The van der Waals surface area contributed by atoms with Gasteiger partial charge < -0.3 is 9.73 Å². The van der Waals surface area contributed by atoms with Gasteiger partial charge in [-0.25, -0.2) is 4.98 Å². The van der Waals surface area contributed by atoms with Gasteiger partial charge in [0.1, 0.15) is 0 Å². The fraction of sp³-hybridized carbons (Fsp3) is 0.471. The lowest BCUT2D eigenvalue weighted by Crippen LogP contribution is -2.19. The zero-order valence-corrected chi connectivity index (χ0v) is 13.1. The molecule has 2 aromatic rings. The molecule has 2 rings (SSSR count). The first-order valence-electron chi connectivity index (χ1n) is 7.30. The normalized spacial score (nSPS) is 12.7. The van der Waals surface area contributed by atoms with Gasteiger partial charge in [0.2, 0.25) is 5.89 Å². The van der Waals surface area contributed by atoms with Gasteiger partial charge in [0, 0.05) is 5.56 Å². The maximum absolute atomic E-state index is 5.96. The van der Waals surface area contributed by atoms with Crippen molar-refractivity contribution in [1.29, 1.82) is 0 Å². The molecular weight excluding hydrogens is 248 g/mol. The van der Waals surface area contributed by atoms with Gasteiger partial charge in [-0.05, 0) is 51.8 Å². The van der Waals surface area contributed by atoms with E-state index in [0.29, 0.717) is 0 Å². The number of nitrogens with one attached hydrogen (secondary N) is 1. The van der Waals surface area contributed by atoms with Crippen molar-refractivity contribution in [2.75, 3.05) is 6.54 Å². The minimum Gasteiger partial charge on any atom is -0.439 e. The van der Waals surface area contributed by atoms with Crippen LogP contribution in [0, 0.1) is 20.8 Å². The van der Waals surface area contributed by atoms with Crippen LogP contribution in [0.1, 0.15) is 48.9 Å². The van der Waals surface area contributed by atoms with Crippen LogP contribution in [0.3, 0.4) is 0 Å². The average molecular weight is 272 g/mol. The molecule has 0 saturated heterocycles. The van der Waals surface area contributed by atoms with Crippen molar-refractivity contribution in [2.24, 2.45) is 0 Å². The van der Waals surface area contributed by atoms with E-state index in [0.717, 1.165) is 30.2 Å². The molecule has 0 aliphatic heterocycles. The molecular formula is C17H24N2O. The van der Waals surface area contributed by atoms with Gasteiger partial charge in [0.05, 0.1) is 12.2 Å². The molecule has 1 N–H and O–H groups in total. The van der Waals surface area contributed by atoms with Crippen LogP contribution in [0.25, 0.3) is 11.3 Å². The summed E-state index contributed by atoms with van der Waals surface area (Å²) in [5.41, 5.74) is 4.91. The minimum atomic E-state index is 0.148. The molecule has 1 atom stereocenters. The van der Waals surface area contributed by atoms with E-state index >= 15 is 0 Å². The van der Waals surface area contributed by atoms with Gasteiger partial charge in [0.15, 0.2) is 5.76 Å². The van der Waals surface area contributed by atoms with Gasteiger partial charge in [-0.15, -0.1) is 0 Å². The topological polar surface area (TPSA) is 38.1 Å². The molecule has 0 radical (unpaired) electrons. The third-order valence-electron chi connectivity index (χ3n) is 3.52. The van der Waals surface area contributed by atoms with Crippen molar-refractivity contribution >= 4 is 0 Å². The summed E-state index contributed by atoms with van der Waals surface area (Å²) in [6, 6.07) is 4.52. The van der Waals surface area contributed by atoms with Crippen molar-refractivity contribution < 1.29 is 4.42 Å². The van der Waals surface area contributed by atoms with Crippen LogP contribution in [-0.2, 0) is 0 Å². The largest absolute Gasteiger partial charge is 0.439 e. The molecule has 1 heterocycles. The highest BCUT2D eigenvalue weighted by Gasteiger charge is 2.15. The Morgan fingerprint density at radius 3 is 2.45 bits per heavy atom. The molecule has 20 heavy (non-hydrogen) atoms. The lowest BCUT2D eigenvalue weighted by molar-refractivity contribution is 0.423. The maximum atomic E-state index is 5.96. The second kappa shape index (κ2) is 6.23. The number of rotatable bonds is 5. The summed E-state index contributed by atoms with van der Waals surface area (Å²) in [6.07, 6.45) is 2.94. The van der Waals surface area contributed by atoms with E-state index in [1.54, 1.807) is 0 Å². The van der Waals surface area contributed by atoms with Gasteiger partial charge in [-0.3, -0.25) is 0 Å². The van der Waals surface area contributed by atoms with Crippen molar-refractivity contribution in [3.05, 3.63) is 40.9 Å². The minimum absolute atomic E-state index is 0.148. The highest BCUT2D eigenvalue weighted by molar-refractivity contribution is 5.66. The lowest BCUT2D eigenvalue weighted by atomic mass is 9.98. The Morgan fingerprint density at radius 2 is 1.85 bits per heavy atom. The number of hydrogen-bond acceptors (Lipinski definition) is 3. The van der Waals surface area contributed by atoms with Crippen LogP contribution in [0.4, 0.5) is 0 Å². The predicted octanol–water partition coefficient (Wildman–Crippen LogP) is 4.33. The third kappa shape index (κ3) is 3.10. The second-order valence-electron chi connectivity index (χ2n) is 5.51. The average Bonchev–Trinajstić information content (AvgIpc) is 2.84. The fourth-order valence-corrected chi connectivity index (χ4v) is 2.62. The number of hydrogen-bond donors (Lipinski definition) is 1. The fourth-order valence-electron chi connectivity index (χ4n) is 2.62. The van der Waals surface area contributed by atoms with Crippen LogP contribution >= 0.6 is 0 Å². The monoisotopic (exact) mass is 272 g/mol. The summed E-state index contributed by atoms with van der Waals surface area (Å²) in [7, 11) is 0. The Morgan fingerprint density at radius 1 is 1.20 bits per heavy atom. The molecule has 1 unspecified atom stereocenters. The molecule has 1 aromatic carbocycles. The van der Waals surface area contributed by atoms with Crippen LogP contribution in [0.15, 0.2) is 22.7 Å². The maximum Gasteiger partial charge on any atom is 0.211 e. The van der Waals surface area contributed by atoms with Gasteiger partial charge in [-0.2, -0.15) is 0 Å². The summed E-state index contributed by atoms with van der Waals surface area (Å²) in [4.78, 5) is 4.42. The molecule has 0 fully saturated rings. The Balaban J connectivity index is 2.29. The van der Waals surface area contributed by atoms with E-state index in [1.807, 2.05) is 6.20 Å². The Kier molecular flexibility index (Phi) is 4.61. The smallest absolute Gasteiger partial charge is 0.211 e. The van der Waals surface area contributed by atoms with E-state index in [4.69, 9.17) is 4.42 Å². The van der Waals surface area contributed by atoms with Crippen molar-refractivity contribution in [3.8, 4) is 11.3 Å². The van der Waals surface area contributed by atoms with E-state index in [-0.39, 0.29) is 6.04 Å². The first kappa shape index (κ1) is 14.8. The zero-order valence-electron chi connectivity index (χ0n) is 13.1. The molecule has 3 nitrogen and oxygen atoms in total. The Labute approximate surface area is 121 Å². The number of benzene rings is 1.